The fourth-order valence-electron chi connectivity index (χ4n) is 3.58. The van der Waals surface area contributed by atoms with E-state index in [-0.39, 0.29) is 16.2 Å². The highest BCUT2D eigenvalue weighted by atomic mass is 35.5. The fraction of sp³-hybridized carbons (Fsp3) is 0.391. The molecule has 1 aliphatic heterocycles. The molecule has 0 atom stereocenters. The van der Waals surface area contributed by atoms with Gasteiger partial charge < -0.3 is 14.8 Å². The Balaban J connectivity index is 1.74. The van der Waals surface area contributed by atoms with Crippen LogP contribution in [0.5, 0.6) is 5.75 Å². The van der Waals surface area contributed by atoms with Gasteiger partial charge in [-0.25, -0.2) is 13.2 Å². The van der Waals surface area contributed by atoms with Crippen LogP contribution in [0, 0.1) is 6.92 Å². The molecule has 0 unspecified atom stereocenters. The second-order valence-electron chi connectivity index (χ2n) is 7.72. The average Bonchev–Trinajstić information content (AvgIpc) is 3.10. The van der Waals surface area contributed by atoms with Crippen molar-refractivity contribution in [1.29, 1.82) is 0 Å². The van der Waals surface area contributed by atoms with Gasteiger partial charge in [-0.1, -0.05) is 30.5 Å². The molecule has 1 saturated heterocycles. The quantitative estimate of drug-likeness (QED) is 0.583. The van der Waals surface area contributed by atoms with E-state index >= 15 is 0 Å². The minimum atomic E-state index is -3.77. The van der Waals surface area contributed by atoms with Gasteiger partial charge in [0.25, 0.3) is 5.91 Å². The number of carbonyl (C=O) groups is 2. The highest BCUT2D eigenvalue weighted by Gasteiger charge is 2.27. The number of benzene rings is 2. The molecule has 0 aromatic heterocycles. The average molecular weight is 495 g/mol. The van der Waals surface area contributed by atoms with E-state index in [0.29, 0.717) is 29.4 Å². The van der Waals surface area contributed by atoms with E-state index in [1.807, 2.05) is 0 Å². The molecular formula is C23H27ClN2O6S. The van der Waals surface area contributed by atoms with Crippen molar-refractivity contribution >= 4 is 39.2 Å². The van der Waals surface area contributed by atoms with Crippen LogP contribution in [0.25, 0.3) is 0 Å². The molecule has 8 nitrogen and oxygen atoms in total. The van der Waals surface area contributed by atoms with E-state index in [1.165, 1.54) is 29.6 Å². The lowest BCUT2D eigenvalue weighted by Crippen LogP contribution is -2.32. The largest absolute Gasteiger partial charge is 0.496 e. The van der Waals surface area contributed by atoms with E-state index < -0.39 is 28.5 Å². The number of hydrogen-bond donors (Lipinski definition) is 1. The second-order valence-corrected chi connectivity index (χ2v) is 10.1. The number of ether oxygens (including phenoxy) is 2. The Morgan fingerprint density at radius 1 is 1.09 bits per heavy atom. The topological polar surface area (TPSA) is 102 Å². The Bertz CT molecular complexity index is 1130. The first-order valence-corrected chi connectivity index (χ1v) is 12.5. The van der Waals surface area contributed by atoms with Gasteiger partial charge in [0.1, 0.15) is 11.3 Å². The number of nitrogens with zero attached hydrogens (tertiary/aromatic N) is 1. The third kappa shape index (κ3) is 6.04. The predicted octanol–water partition coefficient (Wildman–Crippen LogP) is 4.02. The van der Waals surface area contributed by atoms with E-state index in [1.54, 1.807) is 25.1 Å². The Hall–Kier alpha value is -2.62. The van der Waals surface area contributed by atoms with Crippen molar-refractivity contribution in [3.8, 4) is 5.75 Å². The molecule has 1 heterocycles. The summed E-state index contributed by atoms with van der Waals surface area (Å²) in [6.07, 6.45) is 3.57. The third-order valence-corrected chi connectivity index (χ3v) is 7.77. The molecule has 10 heteroatoms. The van der Waals surface area contributed by atoms with Crippen molar-refractivity contribution in [1.82, 2.24) is 4.31 Å². The zero-order valence-electron chi connectivity index (χ0n) is 18.6. The van der Waals surface area contributed by atoms with Gasteiger partial charge in [0.15, 0.2) is 6.61 Å². The number of anilines is 1. The molecule has 33 heavy (non-hydrogen) atoms. The van der Waals surface area contributed by atoms with E-state index in [0.717, 1.165) is 25.7 Å². The minimum absolute atomic E-state index is 0.0175. The number of carbonyl (C=O) groups excluding carboxylic acids is 2. The van der Waals surface area contributed by atoms with Gasteiger partial charge in [0, 0.05) is 23.8 Å². The summed E-state index contributed by atoms with van der Waals surface area (Å²) >= 11 is 6.05. The summed E-state index contributed by atoms with van der Waals surface area (Å²) in [6.45, 7) is 2.08. The summed E-state index contributed by atoms with van der Waals surface area (Å²) in [7, 11) is -2.40. The van der Waals surface area contributed by atoms with Crippen LogP contribution in [-0.4, -0.2) is 51.4 Å². The van der Waals surface area contributed by atoms with Gasteiger partial charge in [-0.15, -0.1) is 0 Å². The first kappa shape index (κ1) is 25.0. The molecule has 0 spiro atoms. The number of sulfonamides is 1. The molecule has 0 aliphatic carbocycles. The molecule has 1 amide bonds. The number of halogens is 1. The highest BCUT2D eigenvalue weighted by Crippen LogP contribution is 2.27. The highest BCUT2D eigenvalue weighted by molar-refractivity contribution is 7.89. The van der Waals surface area contributed by atoms with Crippen LogP contribution >= 0.6 is 11.6 Å². The van der Waals surface area contributed by atoms with Crippen molar-refractivity contribution in [2.24, 2.45) is 0 Å². The van der Waals surface area contributed by atoms with E-state index in [4.69, 9.17) is 21.1 Å². The number of methoxy groups -OCH3 is 1. The van der Waals surface area contributed by atoms with Crippen LogP contribution in [0.2, 0.25) is 5.02 Å². The molecule has 1 fully saturated rings. The van der Waals surface area contributed by atoms with Crippen LogP contribution in [0.15, 0.2) is 41.3 Å². The summed E-state index contributed by atoms with van der Waals surface area (Å²) < 4.78 is 38.0. The van der Waals surface area contributed by atoms with Crippen LogP contribution in [0.1, 0.15) is 41.6 Å². The molecular weight excluding hydrogens is 468 g/mol. The van der Waals surface area contributed by atoms with Gasteiger partial charge in [-0.2, -0.15) is 4.31 Å². The lowest BCUT2D eigenvalue weighted by Gasteiger charge is -2.20. The number of esters is 1. The van der Waals surface area contributed by atoms with Crippen molar-refractivity contribution < 1.29 is 27.5 Å². The summed E-state index contributed by atoms with van der Waals surface area (Å²) in [6, 6.07) is 9.13. The summed E-state index contributed by atoms with van der Waals surface area (Å²) in [4.78, 5) is 24.9. The number of rotatable bonds is 7. The Morgan fingerprint density at radius 2 is 1.79 bits per heavy atom. The molecule has 1 N–H and O–H groups in total. The maximum absolute atomic E-state index is 13.1. The van der Waals surface area contributed by atoms with Gasteiger partial charge in [-0.3, -0.25) is 4.79 Å². The summed E-state index contributed by atoms with van der Waals surface area (Å²) in [5, 5.41) is 3.13. The monoisotopic (exact) mass is 494 g/mol. The Morgan fingerprint density at radius 3 is 2.45 bits per heavy atom. The molecule has 2 aromatic carbocycles. The molecule has 0 bridgehead atoms. The van der Waals surface area contributed by atoms with Gasteiger partial charge in [0.2, 0.25) is 10.0 Å². The molecule has 1 aliphatic rings. The van der Waals surface area contributed by atoms with Crippen LogP contribution in [-0.2, 0) is 19.6 Å². The normalized spacial score (nSPS) is 14.9. The van der Waals surface area contributed by atoms with Crippen LogP contribution in [0.3, 0.4) is 0 Å². The first-order chi connectivity index (χ1) is 15.7. The predicted molar refractivity (Wildman–Crippen MR) is 125 cm³/mol. The summed E-state index contributed by atoms with van der Waals surface area (Å²) in [5.41, 5.74) is 1.12. The van der Waals surface area contributed by atoms with E-state index in [2.05, 4.69) is 5.32 Å². The van der Waals surface area contributed by atoms with Gasteiger partial charge >= 0.3 is 5.97 Å². The summed E-state index contributed by atoms with van der Waals surface area (Å²) in [5.74, 6) is -1.26. The van der Waals surface area contributed by atoms with Gasteiger partial charge in [0.05, 0.1) is 12.0 Å². The maximum Gasteiger partial charge on any atom is 0.342 e. The minimum Gasteiger partial charge on any atom is -0.496 e. The molecule has 3 rings (SSSR count). The molecule has 178 valence electrons. The Kier molecular flexibility index (Phi) is 8.34. The standard InChI is InChI=1S/C23H27ClN2O6S/c1-16-19(24)8-7-9-20(16)25-22(27)15-32-23(28)18-14-17(10-11-21(18)31-2)33(29,30)26-12-5-3-4-6-13-26/h7-11,14H,3-6,12-13,15H2,1-2H3,(H,25,27). The van der Waals surface area contributed by atoms with Gasteiger partial charge in [-0.05, 0) is 55.7 Å². The Labute approximate surface area is 198 Å². The molecule has 0 radical (unpaired) electrons. The first-order valence-electron chi connectivity index (χ1n) is 10.6. The number of hydrogen-bond acceptors (Lipinski definition) is 6. The lowest BCUT2D eigenvalue weighted by atomic mass is 10.2. The van der Waals surface area contributed by atoms with Crippen LogP contribution < -0.4 is 10.1 Å². The van der Waals surface area contributed by atoms with Crippen molar-refractivity contribution in [2.45, 2.75) is 37.5 Å². The second kappa shape index (κ2) is 11.0. The zero-order chi connectivity index (χ0) is 24.0. The van der Waals surface area contributed by atoms with Crippen molar-refractivity contribution in [3.05, 3.63) is 52.5 Å². The zero-order valence-corrected chi connectivity index (χ0v) is 20.2. The van der Waals surface area contributed by atoms with Crippen molar-refractivity contribution in [3.63, 3.8) is 0 Å². The fourth-order valence-corrected chi connectivity index (χ4v) is 5.29. The maximum atomic E-state index is 13.1. The number of nitrogens with one attached hydrogen (secondary N) is 1. The van der Waals surface area contributed by atoms with Crippen LogP contribution in [0.4, 0.5) is 5.69 Å². The number of amides is 1. The smallest absolute Gasteiger partial charge is 0.342 e. The SMILES string of the molecule is COc1ccc(S(=O)(=O)N2CCCCCC2)cc1C(=O)OCC(=O)Nc1cccc(Cl)c1C. The van der Waals surface area contributed by atoms with E-state index in [9.17, 15) is 18.0 Å². The third-order valence-electron chi connectivity index (χ3n) is 5.47. The molecule has 0 saturated carbocycles. The molecule has 2 aromatic rings. The van der Waals surface area contributed by atoms with Crippen molar-refractivity contribution in [2.75, 3.05) is 32.1 Å². The lowest BCUT2D eigenvalue weighted by molar-refractivity contribution is -0.119.